The highest BCUT2D eigenvalue weighted by Crippen LogP contribution is 2.38. The molecule has 0 aliphatic carbocycles. The first-order valence-corrected chi connectivity index (χ1v) is 7.91. The molecule has 2 aromatic rings. The third kappa shape index (κ3) is 2.79. The number of aliphatic hydroxyl groups excluding tert-OH is 1. The number of ketones is 1. The van der Waals surface area contributed by atoms with E-state index in [0.29, 0.717) is 21.2 Å². The van der Waals surface area contributed by atoms with Crippen molar-refractivity contribution >= 4 is 40.7 Å². The number of likely N-dealkylation sites (tertiary alicyclic amines) is 1. The molecular formula is C18H13Cl2NO3. The number of carbonyl (C=O) groups is 2. The molecule has 1 fully saturated rings. The van der Waals surface area contributed by atoms with Crippen LogP contribution in [0, 0.1) is 0 Å². The minimum absolute atomic E-state index is 0.0483. The molecule has 6 heteroatoms. The van der Waals surface area contributed by atoms with Gasteiger partial charge in [-0.3, -0.25) is 9.59 Å². The SMILES string of the molecule is CN1C(=O)C(=O)/C(=C(/O)c2ccc(Cl)cc2)[C@H]1c1ccc(Cl)cc1. The van der Waals surface area contributed by atoms with Gasteiger partial charge in [-0.2, -0.15) is 0 Å². The lowest BCUT2D eigenvalue weighted by molar-refractivity contribution is -0.139. The number of hydrogen-bond donors (Lipinski definition) is 1. The summed E-state index contributed by atoms with van der Waals surface area (Å²) in [7, 11) is 1.53. The molecular weight excluding hydrogens is 349 g/mol. The van der Waals surface area contributed by atoms with E-state index in [-0.39, 0.29) is 11.3 Å². The number of aliphatic hydroxyl groups is 1. The minimum atomic E-state index is -0.718. The molecule has 1 atom stereocenters. The summed E-state index contributed by atoms with van der Waals surface area (Å²) in [5.41, 5.74) is 1.16. The van der Waals surface area contributed by atoms with E-state index < -0.39 is 17.7 Å². The van der Waals surface area contributed by atoms with E-state index in [4.69, 9.17) is 23.2 Å². The van der Waals surface area contributed by atoms with Crippen molar-refractivity contribution in [1.29, 1.82) is 0 Å². The van der Waals surface area contributed by atoms with Crippen LogP contribution in [0.4, 0.5) is 0 Å². The van der Waals surface area contributed by atoms with Crippen LogP contribution in [-0.4, -0.2) is 28.7 Å². The molecule has 1 aliphatic rings. The Hall–Kier alpha value is -2.30. The monoisotopic (exact) mass is 361 g/mol. The summed E-state index contributed by atoms with van der Waals surface area (Å²) in [6.45, 7) is 0. The van der Waals surface area contributed by atoms with E-state index in [1.54, 1.807) is 48.5 Å². The van der Waals surface area contributed by atoms with Crippen LogP contribution < -0.4 is 0 Å². The molecule has 1 heterocycles. The summed E-state index contributed by atoms with van der Waals surface area (Å²) in [6.07, 6.45) is 0. The molecule has 2 aromatic carbocycles. The number of benzene rings is 2. The third-order valence-electron chi connectivity index (χ3n) is 3.98. The zero-order valence-corrected chi connectivity index (χ0v) is 14.2. The summed E-state index contributed by atoms with van der Waals surface area (Å²) in [5.74, 6) is -1.61. The standard InChI is InChI=1S/C18H13Cl2NO3/c1-21-15(10-2-6-12(19)7-3-10)14(17(23)18(21)24)16(22)11-4-8-13(20)9-5-11/h2-9,15,22H,1H3/b16-14+/t15-/m1/s1. The quantitative estimate of drug-likeness (QED) is 0.498. The molecule has 1 amide bonds. The summed E-state index contributed by atoms with van der Waals surface area (Å²) in [6, 6.07) is 12.5. The topological polar surface area (TPSA) is 57.6 Å². The number of likely N-dealkylation sites (N-methyl/N-ethyl adjacent to an activating group) is 1. The van der Waals surface area contributed by atoms with Crippen molar-refractivity contribution in [3.05, 3.63) is 75.3 Å². The van der Waals surface area contributed by atoms with Crippen LogP contribution >= 0.6 is 23.2 Å². The lowest BCUT2D eigenvalue weighted by Gasteiger charge is -2.21. The average molecular weight is 362 g/mol. The molecule has 0 saturated carbocycles. The van der Waals surface area contributed by atoms with E-state index in [1.165, 1.54) is 11.9 Å². The van der Waals surface area contributed by atoms with Gasteiger partial charge in [-0.15, -0.1) is 0 Å². The number of halogens is 2. The Morgan fingerprint density at radius 1 is 0.958 bits per heavy atom. The fraction of sp³-hybridized carbons (Fsp3) is 0.111. The number of Topliss-reactive ketones (excluding diaryl/α,β-unsaturated/α-hetero) is 1. The highest BCUT2D eigenvalue weighted by molar-refractivity contribution is 6.46. The van der Waals surface area contributed by atoms with Crippen LogP contribution in [0.1, 0.15) is 17.2 Å². The number of amides is 1. The Bertz CT molecular complexity index is 842. The number of carbonyl (C=O) groups excluding carboxylic acids is 2. The molecule has 24 heavy (non-hydrogen) atoms. The predicted octanol–water partition coefficient (Wildman–Crippen LogP) is 4.04. The second kappa shape index (κ2) is 6.30. The molecule has 0 radical (unpaired) electrons. The second-order valence-corrected chi connectivity index (χ2v) is 6.34. The molecule has 122 valence electrons. The fourth-order valence-corrected chi connectivity index (χ4v) is 3.00. The van der Waals surface area contributed by atoms with Crippen molar-refractivity contribution in [2.24, 2.45) is 0 Å². The Labute approximate surface area is 148 Å². The van der Waals surface area contributed by atoms with Crippen molar-refractivity contribution < 1.29 is 14.7 Å². The van der Waals surface area contributed by atoms with Gasteiger partial charge in [0.15, 0.2) is 0 Å². The number of hydrogen-bond acceptors (Lipinski definition) is 3. The van der Waals surface area contributed by atoms with E-state index in [0.717, 1.165) is 0 Å². The van der Waals surface area contributed by atoms with Gasteiger partial charge in [-0.25, -0.2) is 0 Å². The van der Waals surface area contributed by atoms with Gasteiger partial charge < -0.3 is 10.0 Å². The average Bonchev–Trinajstić information content (AvgIpc) is 2.80. The summed E-state index contributed by atoms with van der Waals surface area (Å²) >= 11 is 11.8. The molecule has 0 unspecified atom stereocenters. The Morgan fingerprint density at radius 3 is 2.00 bits per heavy atom. The van der Waals surface area contributed by atoms with Gasteiger partial charge in [-0.05, 0) is 42.0 Å². The fourth-order valence-electron chi connectivity index (χ4n) is 2.75. The van der Waals surface area contributed by atoms with E-state index in [1.807, 2.05) is 0 Å². The van der Waals surface area contributed by atoms with E-state index >= 15 is 0 Å². The van der Waals surface area contributed by atoms with E-state index in [9.17, 15) is 14.7 Å². The Kier molecular flexibility index (Phi) is 4.35. The van der Waals surface area contributed by atoms with Crippen LogP contribution in [0.2, 0.25) is 10.0 Å². The van der Waals surface area contributed by atoms with Crippen LogP contribution in [0.5, 0.6) is 0 Å². The lowest BCUT2D eigenvalue weighted by Crippen LogP contribution is -2.24. The van der Waals surface area contributed by atoms with Crippen LogP contribution in [-0.2, 0) is 9.59 Å². The lowest BCUT2D eigenvalue weighted by atomic mass is 9.95. The molecule has 0 aromatic heterocycles. The third-order valence-corrected chi connectivity index (χ3v) is 4.48. The highest BCUT2D eigenvalue weighted by Gasteiger charge is 2.44. The summed E-state index contributed by atoms with van der Waals surface area (Å²) < 4.78 is 0. The van der Waals surface area contributed by atoms with Crippen LogP contribution in [0.3, 0.4) is 0 Å². The minimum Gasteiger partial charge on any atom is -0.507 e. The number of rotatable bonds is 2. The Morgan fingerprint density at radius 2 is 1.46 bits per heavy atom. The first kappa shape index (κ1) is 16.6. The molecule has 3 rings (SSSR count). The van der Waals surface area contributed by atoms with Gasteiger partial charge in [0.1, 0.15) is 5.76 Å². The molecule has 1 aliphatic heterocycles. The van der Waals surface area contributed by atoms with Gasteiger partial charge >= 0.3 is 0 Å². The largest absolute Gasteiger partial charge is 0.507 e. The van der Waals surface area contributed by atoms with Gasteiger partial charge in [0.25, 0.3) is 11.7 Å². The van der Waals surface area contributed by atoms with Crippen LogP contribution in [0.25, 0.3) is 5.76 Å². The summed E-state index contributed by atoms with van der Waals surface area (Å²) in [4.78, 5) is 25.8. The molecule has 0 bridgehead atoms. The molecule has 1 saturated heterocycles. The van der Waals surface area contributed by atoms with Crippen molar-refractivity contribution in [1.82, 2.24) is 4.90 Å². The first-order valence-electron chi connectivity index (χ1n) is 7.16. The van der Waals surface area contributed by atoms with Crippen molar-refractivity contribution in [3.63, 3.8) is 0 Å². The first-order chi connectivity index (χ1) is 11.4. The van der Waals surface area contributed by atoms with Crippen molar-refractivity contribution in [2.75, 3.05) is 7.05 Å². The normalized spacial score (nSPS) is 19.8. The maximum Gasteiger partial charge on any atom is 0.295 e. The highest BCUT2D eigenvalue weighted by atomic mass is 35.5. The number of nitrogens with zero attached hydrogens (tertiary/aromatic N) is 1. The zero-order valence-electron chi connectivity index (χ0n) is 12.7. The summed E-state index contributed by atoms with van der Waals surface area (Å²) in [5, 5.41) is 11.7. The Balaban J connectivity index is 2.16. The van der Waals surface area contributed by atoms with E-state index in [2.05, 4.69) is 0 Å². The zero-order chi connectivity index (χ0) is 17.4. The van der Waals surface area contributed by atoms with Crippen LogP contribution in [0.15, 0.2) is 54.1 Å². The van der Waals surface area contributed by atoms with Gasteiger partial charge in [-0.1, -0.05) is 35.3 Å². The molecule has 1 N–H and O–H groups in total. The van der Waals surface area contributed by atoms with Gasteiger partial charge in [0.05, 0.1) is 11.6 Å². The maximum atomic E-state index is 12.4. The molecule has 4 nitrogen and oxygen atoms in total. The predicted molar refractivity (Wildman–Crippen MR) is 93.0 cm³/mol. The van der Waals surface area contributed by atoms with Gasteiger partial charge in [0, 0.05) is 22.7 Å². The second-order valence-electron chi connectivity index (χ2n) is 5.47. The maximum absolute atomic E-state index is 12.4. The van der Waals surface area contributed by atoms with Crippen molar-refractivity contribution in [3.8, 4) is 0 Å². The molecule has 0 spiro atoms. The van der Waals surface area contributed by atoms with Crippen molar-refractivity contribution in [2.45, 2.75) is 6.04 Å². The smallest absolute Gasteiger partial charge is 0.295 e. The van der Waals surface area contributed by atoms with Gasteiger partial charge in [0.2, 0.25) is 0 Å².